The highest BCUT2D eigenvalue weighted by molar-refractivity contribution is 6.39. The van der Waals surface area contributed by atoms with Crippen LogP contribution in [-0.4, -0.2) is 33.2 Å². The summed E-state index contributed by atoms with van der Waals surface area (Å²) in [5.41, 5.74) is 8.77. The number of nitrogen functional groups attached to an aromatic ring is 1. The van der Waals surface area contributed by atoms with E-state index in [4.69, 9.17) is 5.73 Å². The Morgan fingerprint density at radius 1 is 1.19 bits per heavy atom. The molecule has 0 saturated carbocycles. The minimum absolute atomic E-state index is 0.172. The van der Waals surface area contributed by atoms with E-state index in [0.717, 1.165) is 36.1 Å². The van der Waals surface area contributed by atoms with Crippen molar-refractivity contribution >= 4 is 23.3 Å². The van der Waals surface area contributed by atoms with E-state index in [1.54, 1.807) is 24.1 Å². The van der Waals surface area contributed by atoms with Gasteiger partial charge in [-0.3, -0.25) is 14.6 Å². The van der Waals surface area contributed by atoms with E-state index in [2.05, 4.69) is 15.3 Å². The SMILES string of the molecule is Cc1ccc([C@H]2CCCCN2C(=O)C(=O)Nc2cnc(N)c(C)c2)nc1. The van der Waals surface area contributed by atoms with Crippen LogP contribution in [0.3, 0.4) is 0 Å². The van der Waals surface area contributed by atoms with E-state index in [0.29, 0.717) is 18.1 Å². The van der Waals surface area contributed by atoms with Crippen molar-refractivity contribution < 1.29 is 9.59 Å². The first-order valence-electron chi connectivity index (χ1n) is 8.72. The Bertz CT molecular complexity index is 819. The molecule has 1 fully saturated rings. The Kier molecular flexibility index (Phi) is 5.16. The molecular formula is C19H23N5O2. The van der Waals surface area contributed by atoms with Crippen LogP contribution in [0.25, 0.3) is 0 Å². The largest absolute Gasteiger partial charge is 0.383 e. The second-order valence-electron chi connectivity index (χ2n) is 6.65. The number of hydrogen-bond acceptors (Lipinski definition) is 5. The van der Waals surface area contributed by atoms with Gasteiger partial charge in [0.05, 0.1) is 23.6 Å². The molecule has 3 rings (SSSR count). The van der Waals surface area contributed by atoms with E-state index < -0.39 is 11.8 Å². The highest BCUT2D eigenvalue weighted by atomic mass is 16.2. The van der Waals surface area contributed by atoms with Gasteiger partial charge in [0, 0.05) is 12.7 Å². The van der Waals surface area contributed by atoms with Crippen molar-refractivity contribution in [3.05, 3.63) is 47.4 Å². The first-order chi connectivity index (χ1) is 12.5. The molecule has 1 aliphatic rings. The number of piperidine rings is 1. The Hall–Kier alpha value is -2.96. The zero-order valence-electron chi connectivity index (χ0n) is 15.0. The summed E-state index contributed by atoms with van der Waals surface area (Å²) < 4.78 is 0. The molecule has 1 saturated heterocycles. The zero-order valence-corrected chi connectivity index (χ0v) is 15.0. The van der Waals surface area contributed by atoms with Gasteiger partial charge in [-0.1, -0.05) is 6.07 Å². The third kappa shape index (κ3) is 3.82. The number of likely N-dealkylation sites (tertiary alicyclic amines) is 1. The monoisotopic (exact) mass is 353 g/mol. The first kappa shape index (κ1) is 17.8. The third-order valence-electron chi connectivity index (χ3n) is 4.61. The van der Waals surface area contributed by atoms with Crippen molar-refractivity contribution in [2.45, 2.75) is 39.2 Å². The Balaban J connectivity index is 1.76. The minimum atomic E-state index is -0.671. The molecule has 3 N–H and O–H groups in total. The number of nitrogens with two attached hydrogens (primary N) is 1. The Morgan fingerprint density at radius 3 is 2.69 bits per heavy atom. The summed E-state index contributed by atoms with van der Waals surface area (Å²) in [5.74, 6) is -0.822. The lowest BCUT2D eigenvalue weighted by atomic mass is 9.98. The van der Waals surface area contributed by atoms with E-state index in [9.17, 15) is 9.59 Å². The number of anilines is 2. The maximum absolute atomic E-state index is 12.7. The predicted molar refractivity (Wildman–Crippen MR) is 99.3 cm³/mol. The smallest absolute Gasteiger partial charge is 0.313 e. The van der Waals surface area contributed by atoms with Crippen LogP contribution < -0.4 is 11.1 Å². The van der Waals surface area contributed by atoms with Crippen molar-refractivity contribution in [2.24, 2.45) is 0 Å². The molecule has 2 amide bonds. The number of aromatic nitrogens is 2. The highest BCUT2D eigenvalue weighted by Gasteiger charge is 2.32. The van der Waals surface area contributed by atoms with Gasteiger partial charge in [-0.15, -0.1) is 0 Å². The molecule has 7 nitrogen and oxygen atoms in total. The van der Waals surface area contributed by atoms with Crippen molar-refractivity contribution in [3.8, 4) is 0 Å². The van der Waals surface area contributed by atoms with Crippen molar-refractivity contribution in [1.82, 2.24) is 14.9 Å². The number of rotatable bonds is 2. The molecule has 3 heterocycles. The molecule has 0 bridgehead atoms. The van der Waals surface area contributed by atoms with Crippen molar-refractivity contribution in [3.63, 3.8) is 0 Å². The van der Waals surface area contributed by atoms with Gasteiger partial charge in [0.1, 0.15) is 5.82 Å². The molecule has 2 aromatic rings. The predicted octanol–water partition coefficient (Wildman–Crippen LogP) is 2.37. The van der Waals surface area contributed by atoms with Gasteiger partial charge in [0.2, 0.25) is 0 Å². The fourth-order valence-electron chi connectivity index (χ4n) is 3.13. The number of hydrogen-bond donors (Lipinski definition) is 2. The molecular weight excluding hydrogens is 330 g/mol. The van der Waals surface area contributed by atoms with Crippen LogP contribution in [-0.2, 0) is 9.59 Å². The fraction of sp³-hybridized carbons (Fsp3) is 0.368. The molecule has 0 aromatic carbocycles. The van der Waals surface area contributed by atoms with Crippen LogP contribution >= 0.6 is 0 Å². The number of amides is 2. The number of pyridine rings is 2. The van der Waals surface area contributed by atoms with E-state index in [-0.39, 0.29) is 6.04 Å². The summed E-state index contributed by atoms with van der Waals surface area (Å²) in [6, 6.07) is 5.43. The molecule has 1 aliphatic heterocycles. The lowest BCUT2D eigenvalue weighted by Crippen LogP contribution is -2.44. The van der Waals surface area contributed by atoms with E-state index >= 15 is 0 Å². The van der Waals surface area contributed by atoms with Gasteiger partial charge in [-0.25, -0.2) is 4.98 Å². The van der Waals surface area contributed by atoms with Gasteiger partial charge in [-0.05, 0) is 56.4 Å². The number of nitrogens with one attached hydrogen (secondary N) is 1. The maximum atomic E-state index is 12.7. The first-order valence-corrected chi connectivity index (χ1v) is 8.72. The van der Waals surface area contributed by atoms with Gasteiger partial charge in [-0.2, -0.15) is 0 Å². The molecule has 136 valence electrons. The molecule has 0 aliphatic carbocycles. The van der Waals surface area contributed by atoms with Gasteiger partial charge >= 0.3 is 11.8 Å². The molecule has 7 heteroatoms. The van der Waals surface area contributed by atoms with Crippen molar-refractivity contribution in [2.75, 3.05) is 17.6 Å². The quantitative estimate of drug-likeness (QED) is 0.807. The van der Waals surface area contributed by atoms with Crippen LogP contribution in [0.5, 0.6) is 0 Å². The topological polar surface area (TPSA) is 101 Å². The number of aryl methyl sites for hydroxylation is 2. The Morgan fingerprint density at radius 2 is 2.00 bits per heavy atom. The van der Waals surface area contributed by atoms with Crippen LogP contribution in [0.1, 0.15) is 42.1 Å². The number of carbonyl (C=O) groups excluding carboxylic acids is 2. The molecule has 0 unspecified atom stereocenters. The third-order valence-corrected chi connectivity index (χ3v) is 4.61. The average Bonchev–Trinajstić information content (AvgIpc) is 2.65. The maximum Gasteiger partial charge on any atom is 0.313 e. The fourth-order valence-corrected chi connectivity index (χ4v) is 3.13. The summed E-state index contributed by atoms with van der Waals surface area (Å²) in [5, 5.41) is 2.62. The lowest BCUT2D eigenvalue weighted by molar-refractivity contribution is -0.146. The van der Waals surface area contributed by atoms with Crippen LogP contribution in [0.15, 0.2) is 30.6 Å². The lowest BCUT2D eigenvalue weighted by Gasteiger charge is -2.34. The van der Waals surface area contributed by atoms with Crippen LogP contribution in [0, 0.1) is 13.8 Å². The van der Waals surface area contributed by atoms with Crippen LogP contribution in [0.2, 0.25) is 0 Å². The van der Waals surface area contributed by atoms with Gasteiger partial charge < -0.3 is 16.0 Å². The van der Waals surface area contributed by atoms with Crippen molar-refractivity contribution in [1.29, 1.82) is 0 Å². The number of nitrogens with zero attached hydrogens (tertiary/aromatic N) is 3. The van der Waals surface area contributed by atoms with Gasteiger partial charge in [0.15, 0.2) is 0 Å². The van der Waals surface area contributed by atoms with Gasteiger partial charge in [0.25, 0.3) is 0 Å². The van der Waals surface area contributed by atoms with Crippen LogP contribution in [0.4, 0.5) is 11.5 Å². The second-order valence-corrected chi connectivity index (χ2v) is 6.65. The second kappa shape index (κ2) is 7.51. The highest BCUT2D eigenvalue weighted by Crippen LogP contribution is 2.30. The molecule has 2 aromatic heterocycles. The molecule has 26 heavy (non-hydrogen) atoms. The molecule has 0 radical (unpaired) electrons. The normalized spacial score (nSPS) is 17.0. The average molecular weight is 353 g/mol. The summed E-state index contributed by atoms with van der Waals surface area (Å²) in [7, 11) is 0. The summed E-state index contributed by atoms with van der Waals surface area (Å²) in [6.07, 6.45) is 5.92. The Labute approximate surface area is 152 Å². The summed E-state index contributed by atoms with van der Waals surface area (Å²) in [4.78, 5) is 35.3. The zero-order chi connectivity index (χ0) is 18.7. The van der Waals surface area contributed by atoms with E-state index in [1.807, 2.05) is 19.1 Å². The summed E-state index contributed by atoms with van der Waals surface area (Å²) >= 11 is 0. The summed E-state index contributed by atoms with van der Waals surface area (Å²) in [6.45, 7) is 4.31. The molecule has 1 atom stereocenters. The standard InChI is InChI=1S/C19H23N5O2/c1-12-6-7-15(21-10-12)16-5-3-4-8-24(16)19(26)18(25)23-14-9-13(2)17(20)22-11-14/h6-7,9-11,16H,3-5,8H2,1-2H3,(H2,20,22)(H,23,25)/t16-/m1/s1. The molecule has 0 spiro atoms. The number of carbonyl (C=O) groups is 2. The minimum Gasteiger partial charge on any atom is -0.383 e. The van der Waals surface area contributed by atoms with E-state index in [1.165, 1.54) is 6.20 Å².